The van der Waals surface area contributed by atoms with E-state index < -0.39 is 0 Å². The minimum absolute atomic E-state index is 0.0484. The minimum atomic E-state index is -0.0669. The topological polar surface area (TPSA) is 70.1 Å². The number of amides is 1. The third-order valence-corrected chi connectivity index (χ3v) is 5.60. The fraction of sp³-hybridized carbons (Fsp3) is 0.619. The second-order valence-electron chi connectivity index (χ2n) is 8.03. The molecule has 27 heavy (non-hydrogen) atoms. The molecule has 0 unspecified atom stereocenters. The number of hydrogen-bond acceptors (Lipinski definition) is 5. The van der Waals surface area contributed by atoms with E-state index in [-0.39, 0.29) is 42.3 Å². The summed E-state index contributed by atoms with van der Waals surface area (Å²) in [4.78, 5) is 28.7. The first-order chi connectivity index (χ1) is 12.9. The number of ketones is 1. The van der Waals surface area contributed by atoms with Crippen molar-refractivity contribution in [2.45, 2.75) is 33.0 Å². The van der Waals surface area contributed by atoms with Crippen molar-refractivity contribution in [2.75, 3.05) is 39.3 Å². The van der Waals surface area contributed by atoms with E-state index in [4.69, 9.17) is 4.74 Å². The highest BCUT2D eigenvalue weighted by Crippen LogP contribution is 2.27. The van der Waals surface area contributed by atoms with Gasteiger partial charge in [-0.15, -0.1) is 0 Å². The van der Waals surface area contributed by atoms with Crippen LogP contribution in [0.25, 0.3) is 0 Å². The summed E-state index contributed by atoms with van der Waals surface area (Å²) in [6.45, 7) is 9.56. The largest absolute Gasteiger partial charge is 0.396 e. The number of benzene rings is 1. The van der Waals surface area contributed by atoms with Crippen molar-refractivity contribution >= 4 is 11.7 Å². The number of carbonyl (C=O) groups is 2. The normalized spacial score (nSPS) is 29.1. The van der Waals surface area contributed by atoms with Crippen LogP contribution in [0.4, 0.5) is 0 Å². The molecule has 6 nitrogen and oxygen atoms in total. The summed E-state index contributed by atoms with van der Waals surface area (Å²) in [5.74, 6) is 0.210. The van der Waals surface area contributed by atoms with Crippen LogP contribution in [0.1, 0.15) is 41.5 Å². The van der Waals surface area contributed by atoms with Gasteiger partial charge in [-0.3, -0.25) is 14.5 Å². The maximum absolute atomic E-state index is 12.9. The quantitative estimate of drug-likeness (QED) is 0.794. The molecule has 3 rings (SSSR count). The number of Topliss-reactive ketones (excluding diaryl/α,β-unsaturated/α-hetero) is 1. The zero-order valence-corrected chi connectivity index (χ0v) is 16.4. The van der Waals surface area contributed by atoms with Crippen molar-refractivity contribution in [3.05, 3.63) is 35.4 Å². The molecule has 0 spiro atoms. The molecule has 1 N–H and O–H groups in total. The first-order valence-corrected chi connectivity index (χ1v) is 9.76. The summed E-state index contributed by atoms with van der Waals surface area (Å²) in [7, 11) is 0. The Hall–Kier alpha value is -1.76. The number of hydrogen-bond donors (Lipinski definition) is 1. The van der Waals surface area contributed by atoms with Gasteiger partial charge in [-0.25, -0.2) is 0 Å². The van der Waals surface area contributed by atoms with Crippen LogP contribution in [-0.2, 0) is 4.74 Å². The molecule has 1 aromatic carbocycles. The Kier molecular flexibility index (Phi) is 6.29. The Bertz CT molecular complexity index is 683. The van der Waals surface area contributed by atoms with Crippen LogP contribution in [-0.4, -0.2) is 78.1 Å². The molecule has 2 heterocycles. The van der Waals surface area contributed by atoms with E-state index in [2.05, 4.69) is 18.7 Å². The number of nitrogens with zero attached hydrogens (tertiary/aromatic N) is 2. The predicted octanol–water partition coefficient (Wildman–Crippen LogP) is 1.68. The summed E-state index contributed by atoms with van der Waals surface area (Å²) in [6, 6.07) is 6.89. The molecule has 2 saturated heterocycles. The summed E-state index contributed by atoms with van der Waals surface area (Å²) in [5, 5.41) is 9.83. The van der Waals surface area contributed by atoms with Gasteiger partial charge < -0.3 is 14.7 Å². The smallest absolute Gasteiger partial charge is 0.253 e. The lowest BCUT2D eigenvalue weighted by molar-refractivity contribution is -0.0726. The lowest BCUT2D eigenvalue weighted by atomic mass is 9.96. The number of aliphatic hydroxyl groups is 1. The van der Waals surface area contributed by atoms with Crippen LogP contribution < -0.4 is 0 Å². The highest BCUT2D eigenvalue weighted by atomic mass is 16.5. The van der Waals surface area contributed by atoms with Crippen LogP contribution in [0.15, 0.2) is 24.3 Å². The number of rotatable bonds is 5. The van der Waals surface area contributed by atoms with Gasteiger partial charge in [0, 0.05) is 56.4 Å². The molecule has 4 atom stereocenters. The highest BCUT2D eigenvalue weighted by molar-refractivity contribution is 5.99. The van der Waals surface area contributed by atoms with Gasteiger partial charge in [0.25, 0.3) is 5.91 Å². The number of carbonyl (C=O) groups excluding carboxylic acids is 2. The molecule has 0 radical (unpaired) electrons. The molecular weight excluding hydrogens is 344 g/mol. The molecule has 2 aliphatic heterocycles. The van der Waals surface area contributed by atoms with Crippen LogP contribution in [0.2, 0.25) is 0 Å². The summed E-state index contributed by atoms with van der Waals surface area (Å²) >= 11 is 0. The number of ether oxygens (including phenoxy) is 1. The van der Waals surface area contributed by atoms with Gasteiger partial charge in [0.15, 0.2) is 5.78 Å². The van der Waals surface area contributed by atoms with Gasteiger partial charge in [0.1, 0.15) is 0 Å². The Morgan fingerprint density at radius 2 is 1.70 bits per heavy atom. The maximum atomic E-state index is 12.9. The monoisotopic (exact) mass is 374 g/mol. The van der Waals surface area contributed by atoms with E-state index in [1.165, 1.54) is 6.92 Å². The molecule has 1 aromatic rings. The Labute approximate surface area is 161 Å². The lowest BCUT2D eigenvalue weighted by Gasteiger charge is -2.37. The fourth-order valence-corrected chi connectivity index (χ4v) is 4.34. The molecule has 0 saturated carbocycles. The number of likely N-dealkylation sites (tertiary alicyclic amines) is 1. The van der Waals surface area contributed by atoms with E-state index in [1.54, 1.807) is 24.3 Å². The minimum Gasteiger partial charge on any atom is -0.396 e. The Morgan fingerprint density at radius 1 is 1.07 bits per heavy atom. The van der Waals surface area contributed by atoms with E-state index in [1.807, 2.05) is 4.90 Å². The van der Waals surface area contributed by atoms with E-state index in [9.17, 15) is 14.7 Å². The Balaban J connectivity index is 1.67. The van der Waals surface area contributed by atoms with Crippen molar-refractivity contribution in [2.24, 2.45) is 11.8 Å². The van der Waals surface area contributed by atoms with Crippen LogP contribution in [0, 0.1) is 11.8 Å². The molecule has 6 heteroatoms. The third-order valence-electron chi connectivity index (χ3n) is 5.60. The summed E-state index contributed by atoms with van der Waals surface area (Å²) in [6.07, 6.45) is 0.407. The maximum Gasteiger partial charge on any atom is 0.253 e. The zero-order valence-electron chi connectivity index (χ0n) is 16.4. The molecule has 2 fully saturated rings. The average Bonchev–Trinajstić information content (AvgIpc) is 3.03. The predicted molar refractivity (Wildman–Crippen MR) is 103 cm³/mol. The Morgan fingerprint density at radius 3 is 2.33 bits per heavy atom. The van der Waals surface area contributed by atoms with Crippen LogP contribution in [0.5, 0.6) is 0 Å². The van der Waals surface area contributed by atoms with Gasteiger partial charge in [0.2, 0.25) is 0 Å². The van der Waals surface area contributed by atoms with Crippen molar-refractivity contribution in [1.82, 2.24) is 9.80 Å². The standard InChI is InChI=1S/C21H30N2O4/c1-14-8-22(9-15(2)27-14)10-19-11-23(12-20(19)13-24)21(26)18-6-4-5-17(7-18)16(3)25/h4-7,14-15,19-20,24H,8-13H2,1-3H3/t14-,15+,19-,20-/m1/s1. The van der Waals surface area contributed by atoms with Crippen molar-refractivity contribution in [3.8, 4) is 0 Å². The molecule has 148 valence electrons. The fourth-order valence-electron chi connectivity index (χ4n) is 4.34. The third kappa shape index (κ3) is 4.75. The van der Waals surface area contributed by atoms with Crippen LogP contribution in [0.3, 0.4) is 0 Å². The second-order valence-corrected chi connectivity index (χ2v) is 8.03. The van der Waals surface area contributed by atoms with E-state index in [0.29, 0.717) is 24.2 Å². The van der Waals surface area contributed by atoms with Crippen LogP contribution >= 0.6 is 0 Å². The van der Waals surface area contributed by atoms with Crippen molar-refractivity contribution < 1.29 is 19.4 Å². The first-order valence-electron chi connectivity index (χ1n) is 9.76. The van der Waals surface area contributed by atoms with Gasteiger partial charge in [0.05, 0.1) is 12.2 Å². The molecular formula is C21H30N2O4. The zero-order chi connectivity index (χ0) is 19.6. The van der Waals surface area contributed by atoms with Crippen molar-refractivity contribution in [3.63, 3.8) is 0 Å². The molecule has 0 aliphatic carbocycles. The molecule has 0 bridgehead atoms. The van der Waals surface area contributed by atoms with E-state index >= 15 is 0 Å². The highest BCUT2D eigenvalue weighted by Gasteiger charge is 2.37. The second kappa shape index (κ2) is 8.50. The molecule has 1 amide bonds. The average molecular weight is 374 g/mol. The van der Waals surface area contributed by atoms with Crippen molar-refractivity contribution in [1.29, 1.82) is 0 Å². The SMILES string of the molecule is CC(=O)c1cccc(C(=O)N2C[C@@H](CN3C[C@@H](C)O[C@@H](C)C3)[C@@H](CO)C2)c1. The molecule has 2 aliphatic rings. The summed E-state index contributed by atoms with van der Waals surface area (Å²) in [5.41, 5.74) is 1.08. The number of morpholine rings is 1. The molecule has 0 aromatic heterocycles. The first kappa shape index (κ1) is 20.0. The number of aliphatic hydroxyl groups excluding tert-OH is 1. The van der Waals surface area contributed by atoms with Gasteiger partial charge in [-0.05, 0) is 38.8 Å². The lowest BCUT2D eigenvalue weighted by Crippen LogP contribution is -2.48. The summed E-state index contributed by atoms with van der Waals surface area (Å²) < 4.78 is 5.80. The van der Waals surface area contributed by atoms with E-state index in [0.717, 1.165) is 19.6 Å². The van der Waals surface area contributed by atoms with Gasteiger partial charge in [-0.2, -0.15) is 0 Å². The van der Waals surface area contributed by atoms with Gasteiger partial charge >= 0.3 is 0 Å². The van der Waals surface area contributed by atoms with Gasteiger partial charge in [-0.1, -0.05) is 12.1 Å².